The quantitative estimate of drug-likeness (QED) is 0.752. The fourth-order valence-electron chi connectivity index (χ4n) is 2.32. The number of hydrogen-bond acceptors (Lipinski definition) is 5. The molecule has 1 aromatic rings. The molecular formula is C16H20ClNO4. The minimum atomic E-state index is -0.767. The maximum absolute atomic E-state index is 12.0. The van der Waals surface area contributed by atoms with Crippen LogP contribution in [0.3, 0.4) is 0 Å². The van der Waals surface area contributed by atoms with Gasteiger partial charge in [0.05, 0.1) is 6.54 Å². The summed E-state index contributed by atoms with van der Waals surface area (Å²) in [7, 11) is 0. The van der Waals surface area contributed by atoms with Crippen LogP contribution in [-0.4, -0.2) is 42.1 Å². The van der Waals surface area contributed by atoms with Crippen molar-refractivity contribution in [1.29, 1.82) is 0 Å². The van der Waals surface area contributed by atoms with Crippen LogP contribution in [0.4, 0.5) is 0 Å². The van der Waals surface area contributed by atoms with Gasteiger partial charge in [-0.2, -0.15) is 0 Å². The van der Waals surface area contributed by atoms with Crippen LogP contribution >= 0.6 is 11.6 Å². The first-order chi connectivity index (χ1) is 10.5. The van der Waals surface area contributed by atoms with Crippen molar-refractivity contribution in [3.05, 3.63) is 34.9 Å². The molecule has 0 saturated carbocycles. The molecule has 22 heavy (non-hydrogen) atoms. The number of benzene rings is 1. The second kappa shape index (κ2) is 7.61. The lowest BCUT2D eigenvalue weighted by atomic mass is 10.2. The first-order valence-corrected chi connectivity index (χ1v) is 7.72. The summed E-state index contributed by atoms with van der Waals surface area (Å²) in [6.45, 7) is 5.20. The van der Waals surface area contributed by atoms with Gasteiger partial charge >= 0.3 is 11.9 Å². The second-order valence-corrected chi connectivity index (χ2v) is 5.83. The van der Waals surface area contributed by atoms with Crippen molar-refractivity contribution in [1.82, 2.24) is 4.90 Å². The van der Waals surface area contributed by atoms with Gasteiger partial charge in [-0.05, 0) is 31.2 Å². The van der Waals surface area contributed by atoms with Gasteiger partial charge in [-0.3, -0.25) is 9.69 Å². The number of hydrogen-bond donors (Lipinski definition) is 0. The third-order valence-corrected chi connectivity index (χ3v) is 3.77. The number of nitrogens with zero attached hydrogens (tertiary/aromatic N) is 1. The van der Waals surface area contributed by atoms with E-state index < -0.39 is 18.0 Å². The van der Waals surface area contributed by atoms with Crippen molar-refractivity contribution < 1.29 is 19.1 Å². The molecule has 1 saturated heterocycles. The third-order valence-electron chi connectivity index (χ3n) is 3.52. The van der Waals surface area contributed by atoms with E-state index in [0.717, 1.165) is 5.56 Å². The highest BCUT2D eigenvalue weighted by molar-refractivity contribution is 6.30. The van der Waals surface area contributed by atoms with Crippen LogP contribution in [0.2, 0.25) is 5.02 Å². The molecule has 6 heteroatoms. The highest BCUT2D eigenvalue weighted by Crippen LogP contribution is 2.17. The largest absolute Gasteiger partial charge is 0.460 e. The van der Waals surface area contributed by atoms with Crippen LogP contribution in [0.15, 0.2) is 24.3 Å². The minimum absolute atomic E-state index is 0.136. The van der Waals surface area contributed by atoms with E-state index in [0.29, 0.717) is 24.5 Å². The molecule has 1 heterocycles. The van der Waals surface area contributed by atoms with Crippen LogP contribution < -0.4 is 0 Å². The maximum Gasteiger partial charge on any atom is 0.347 e. The van der Waals surface area contributed by atoms with E-state index in [9.17, 15) is 9.59 Å². The standard InChI is InChI=1S/C16H20ClNO4/c1-3-18(9-12-4-6-13(17)7-5-12)10-15(19)22-14-8-11(2)21-16(14)20/h4-7,11,14H,3,8-10H2,1-2H3/t11-,14+/m0/s1. The summed E-state index contributed by atoms with van der Waals surface area (Å²) in [5.74, 6) is -0.867. The van der Waals surface area contributed by atoms with Crippen LogP contribution in [-0.2, 0) is 25.6 Å². The zero-order valence-electron chi connectivity index (χ0n) is 12.8. The van der Waals surface area contributed by atoms with E-state index in [1.807, 2.05) is 36.1 Å². The number of esters is 2. The predicted molar refractivity (Wildman–Crippen MR) is 82.5 cm³/mol. The molecule has 2 rings (SSSR count). The molecule has 0 N–H and O–H groups in total. The molecule has 0 bridgehead atoms. The summed E-state index contributed by atoms with van der Waals surface area (Å²) in [5.41, 5.74) is 1.06. The number of cyclic esters (lactones) is 1. The first-order valence-electron chi connectivity index (χ1n) is 7.34. The molecule has 0 unspecified atom stereocenters. The Morgan fingerprint density at radius 3 is 2.64 bits per heavy atom. The lowest BCUT2D eigenvalue weighted by molar-refractivity contribution is -0.161. The van der Waals surface area contributed by atoms with Gasteiger partial charge in [0.25, 0.3) is 0 Å². The van der Waals surface area contributed by atoms with E-state index in [-0.39, 0.29) is 12.6 Å². The molecule has 0 aromatic heterocycles. The Bertz CT molecular complexity index is 531. The van der Waals surface area contributed by atoms with E-state index >= 15 is 0 Å². The van der Waals surface area contributed by atoms with Gasteiger partial charge in [0.2, 0.25) is 6.10 Å². The third kappa shape index (κ3) is 4.71. The van der Waals surface area contributed by atoms with Gasteiger partial charge in [-0.15, -0.1) is 0 Å². The molecule has 0 radical (unpaired) electrons. The molecule has 0 spiro atoms. The Labute approximate surface area is 135 Å². The van der Waals surface area contributed by atoms with Crippen LogP contribution in [0.25, 0.3) is 0 Å². The predicted octanol–water partition coefficient (Wildman–Crippen LogP) is 2.41. The highest BCUT2D eigenvalue weighted by atomic mass is 35.5. The molecule has 5 nitrogen and oxygen atoms in total. The van der Waals surface area contributed by atoms with Gasteiger partial charge in [0.1, 0.15) is 6.10 Å². The summed E-state index contributed by atoms with van der Waals surface area (Å²) in [4.78, 5) is 25.4. The Kier molecular flexibility index (Phi) is 5.80. The van der Waals surface area contributed by atoms with Crippen molar-refractivity contribution in [2.24, 2.45) is 0 Å². The monoisotopic (exact) mass is 325 g/mol. The average molecular weight is 326 g/mol. The van der Waals surface area contributed by atoms with Crippen molar-refractivity contribution in [3.8, 4) is 0 Å². The molecule has 0 amide bonds. The molecule has 120 valence electrons. The zero-order valence-corrected chi connectivity index (χ0v) is 13.5. The molecule has 1 aromatic carbocycles. The number of ether oxygens (including phenoxy) is 2. The van der Waals surface area contributed by atoms with Gasteiger partial charge in [-0.1, -0.05) is 30.7 Å². The topological polar surface area (TPSA) is 55.8 Å². The SMILES string of the molecule is CCN(CC(=O)O[C@@H]1C[C@H](C)OC1=O)Cc1ccc(Cl)cc1. The van der Waals surface area contributed by atoms with E-state index in [4.69, 9.17) is 21.1 Å². The fourth-order valence-corrected chi connectivity index (χ4v) is 2.45. The lowest BCUT2D eigenvalue weighted by Gasteiger charge is -2.20. The van der Waals surface area contributed by atoms with E-state index in [1.54, 1.807) is 6.92 Å². The molecule has 1 aliphatic rings. The average Bonchev–Trinajstić information content (AvgIpc) is 2.78. The molecular weight excluding hydrogens is 306 g/mol. The van der Waals surface area contributed by atoms with Crippen molar-refractivity contribution in [2.75, 3.05) is 13.1 Å². The van der Waals surface area contributed by atoms with Gasteiger partial charge in [-0.25, -0.2) is 4.79 Å². The Morgan fingerprint density at radius 2 is 2.09 bits per heavy atom. The number of rotatable bonds is 6. The van der Waals surface area contributed by atoms with Gasteiger partial charge in [0.15, 0.2) is 0 Å². The molecule has 1 fully saturated rings. The Balaban J connectivity index is 1.85. The first kappa shape index (κ1) is 16.8. The minimum Gasteiger partial charge on any atom is -0.460 e. The van der Waals surface area contributed by atoms with Crippen LogP contribution in [0.1, 0.15) is 25.8 Å². The van der Waals surface area contributed by atoms with Gasteiger partial charge < -0.3 is 9.47 Å². The number of carbonyl (C=O) groups excluding carboxylic acids is 2. The smallest absolute Gasteiger partial charge is 0.347 e. The maximum atomic E-state index is 12.0. The summed E-state index contributed by atoms with van der Waals surface area (Å²) in [5, 5.41) is 0.681. The summed E-state index contributed by atoms with van der Waals surface area (Å²) in [6, 6.07) is 7.48. The number of carbonyl (C=O) groups is 2. The summed E-state index contributed by atoms with van der Waals surface area (Å²) < 4.78 is 10.2. The Morgan fingerprint density at radius 1 is 1.41 bits per heavy atom. The van der Waals surface area contributed by atoms with E-state index in [1.165, 1.54) is 0 Å². The van der Waals surface area contributed by atoms with Crippen molar-refractivity contribution in [2.45, 2.75) is 39.0 Å². The second-order valence-electron chi connectivity index (χ2n) is 5.39. The lowest BCUT2D eigenvalue weighted by Crippen LogP contribution is -2.33. The van der Waals surface area contributed by atoms with Crippen LogP contribution in [0.5, 0.6) is 0 Å². The Hall–Kier alpha value is -1.59. The highest BCUT2D eigenvalue weighted by Gasteiger charge is 2.35. The van der Waals surface area contributed by atoms with Crippen molar-refractivity contribution >= 4 is 23.5 Å². The number of likely N-dealkylation sites (N-methyl/N-ethyl adjacent to an activating group) is 1. The normalized spacial score (nSPS) is 21.0. The summed E-state index contributed by atoms with van der Waals surface area (Å²) in [6.07, 6.45) is -0.535. The zero-order chi connectivity index (χ0) is 16.1. The van der Waals surface area contributed by atoms with E-state index in [2.05, 4.69) is 0 Å². The van der Waals surface area contributed by atoms with Crippen LogP contribution in [0, 0.1) is 0 Å². The molecule has 1 aliphatic heterocycles. The summed E-state index contributed by atoms with van der Waals surface area (Å²) >= 11 is 5.86. The fraction of sp³-hybridized carbons (Fsp3) is 0.500. The van der Waals surface area contributed by atoms with Gasteiger partial charge in [0, 0.05) is 18.0 Å². The number of halogens is 1. The molecule has 2 atom stereocenters. The van der Waals surface area contributed by atoms with Crippen molar-refractivity contribution in [3.63, 3.8) is 0 Å². The molecule has 0 aliphatic carbocycles.